The highest BCUT2D eigenvalue weighted by atomic mass is 16.2. The molecule has 1 saturated heterocycles. The Bertz CT molecular complexity index is 512. The number of nitrogens with one attached hydrogen (secondary N) is 3. The molecule has 23 heavy (non-hydrogen) atoms. The molecule has 126 valence electrons. The summed E-state index contributed by atoms with van der Waals surface area (Å²) >= 11 is 0. The number of benzene rings is 1. The number of urea groups is 1. The van der Waals surface area contributed by atoms with E-state index in [1.165, 1.54) is 0 Å². The first kappa shape index (κ1) is 17.2. The Kier molecular flexibility index (Phi) is 6.83. The number of rotatable bonds is 7. The maximum absolute atomic E-state index is 12.0. The predicted molar refractivity (Wildman–Crippen MR) is 89.1 cm³/mol. The van der Waals surface area contributed by atoms with Gasteiger partial charge in [0.05, 0.1) is 0 Å². The van der Waals surface area contributed by atoms with Crippen molar-refractivity contribution in [2.24, 2.45) is 5.73 Å². The van der Waals surface area contributed by atoms with Crippen LogP contribution < -0.4 is 21.7 Å². The van der Waals surface area contributed by atoms with Gasteiger partial charge in [0.25, 0.3) is 5.91 Å². The number of hydrogen-bond acceptors (Lipinski definition) is 4. The molecule has 1 aromatic rings. The molecule has 7 nitrogen and oxygen atoms in total. The van der Waals surface area contributed by atoms with E-state index in [0.717, 1.165) is 44.7 Å². The largest absolute Gasteiger partial charge is 0.352 e. The van der Waals surface area contributed by atoms with Gasteiger partial charge in [-0.2, -0.15) is 0 Å². The van der Waals surface area contributed by atoms with Crippen molar-refractivity contribution in [3.8, 4) is 0 Å². The monoisotopic (exact) mass is 319 g/mol. The van der Waals surface area contributed by atoms with Crippen LogP contribution in [0.4, 0.5) is 4.79 Å². The summed E-state index contributed by atoms with van der Waals surface area (Å²) in [5.41, 5.74) is 6.54. The van der Waals surface area contributed by atoms with Gasteiger partial charge in [-0.3, -0.25) is 4.79 Å². The van der Waals surface area contributed by atoms with E-state index in [1.54, 1.807) is 12.1 Å². The Hall–Kier alpha value is -2.12. The van der Waals surface area contributed by atoms with Gasteiger partial charge < -0.3 is 26.6 Å². The number of carbonyl (C=O) groups is 2. The smallest absolute Gasteiger partial charge is 0.312 e. The van der Waals surface area contributed by atoms with Crippen LogP contribution in [0.3, 0.4) is 0 Å². The van der Waals surface area contributed by atoms with Crippen LogP contribution in [0.25, 0.3) is 0 Å². The zero-order valence-corrected chi connectivity index (χ0v) is 13.3. The fourth-order valence-electron chi connectivity index (χ4n) is 2.50. The molecule has 0 spiro atoms. The molecule has 1 heterocycles. The molecule has 0 aromatic heterocycles. The lowest BCUT2D eigenvalue weighted by Gasteiger charge is -2.27. The number of nitrogens with two attached hydrogens (primary N) is 1. The first-order valence-electron chi connectivity index (χ1n) is 7.98. The van der Waals surface area contributed by atoms with Gasteiger partial charge in [0.15, 0.2) is 0 Å². The highest BCUT2D eigenvalue weighted by Gasteiger charge is 2.09. The van der Waals surface area contributed by atoms with Crippen molar-refractivity contribution in [1.29, 1.82) is 0 Å². The summed E-state index contributed by atoms with van der Waals surface area (Å²) in [6.07, 6.45) is 0.951. The SMILES string of the molecule is NC(=O)NCc1ccc(C(=O)NCCCN2CCNCC2)cc1. The summed E-state index contributed by atoms with van der Waals surface area (Å²) in [4.78, 5) is 25.1. The quantitative estimate of drug-likeness (QED) is 0.527. The summed E-state index contributed by atoms with van der Waals surface area (Å²) in [5, 5.41) is 8.77. The summed E-state index contributed by atoms with van der Waals surface area (Å²) in [7, 11) is 0. The average Bonchev–Trinajstić information content (AvgIpc) is 2.58. The second-order valence-electron chi connectivity index (χ2n) is 5.62. The third-order valence-electron chi connectivity index (χ3n) is 3.83. The number of nitrogens with zero attached hydrogens (tertiary/aromatic N) is 1. The minimum atomic E-state index is -0.559. The summed E-state index contributed by atoms with van der Waals surface area (Å²) in [6, 6.07) is 6.57. The molecule has 3 amide bonds. The van der Waals surface area contributed by atoms with Gasteiger partial charge in [-0.15, -0.1) is 0 Å². The fourth-order valence-corrected chi connectivity index (χ4v) is 2.50. The fraction of sp³-hybridized carbons (Fsp3) is 0.500. The van der Waals surface area contributed by atoms with E-state index in [-0.39, 0.29) is 5.91 Å². The molecule has 1 aliphatic heterocycles. The third kappa shape index (κ3) is 6.25. The minimum absolute atomic E-state index is 0.0697. The van der Waals surface area contributed by atoms with Crippen LogP contribution in [-0.2, 0) is 6.54 Å². The van der Waals surface area contributed by atoms with Crippen molar-refractivity contribution < 1.29 is 9.59 Å². The van der Waals surface area contributed by atoms with E-state index in [4.69, 9.17) is 5.73 Å². The Balaban J connectivity index is 1.67. The number of amides is 3. The summed E-state index contributed by atoms with van der Waals surface area (Å²) < 4.78 is 0. The lowest BCUT2D eigenvalue weighted by molar-refractivity contribution is 0.0951. The van der Waals surface area contributed by atoms with Gasteiger partial charge in [-0.05, 0) is 30.7 Å². The molecule has 0 unspecified atom stereocenters. The van der Waals surface area contributed by atoms with Crippen molar-refractivity contribution >= 4 is 11.9 Å². The summed E-state index contributed by atoms with van der Waals surface area (Å²) in [5.74, 6) is -0.0697. The van der Waals surface area contributed by atoms with Crippen molar-refractivity contribution in [3.63, 3.8) is 0 Å². The van der Waals surface area contributed by atoms with E-state index in [2.05, 4.69) is 20.9 Å². The van der Waals surface area contributed by atoms with Gasteiger partial charge in [-0.25, -0.2) is 4.79 Å². The molecule has 0 bridgehead atoms. The maximum Gasteiger partial charge on any atom is 0.312 e. The van der Waals surface area contributed by atoms with Crippen molar-refractivity contribution in [3.05, 3.63) is 35.4 Å². The molecule has 0 radical (unpaired) electrons. The number of primary amides is 1. The number of piperazine rings is 1. The van der Waals surface area contributed by atoms with Gasteiger partial charge in [0, 0.05) is 44.8 Å². The molecule has 1 aliphatic rings. The molecule has 0 aliphatic carbocycles. The van der Waals surface area contributed by atoms with E-state index < -0.39 is 6.03 Å². The van der Waals surface area contributed by atoms with Crippen LogP contribution >= 0.6 is 0 Å². The molecule has 0 atom stereocenters. The lowest BCUT2D eigenvalue weighted by atomic mass is 10.1. The average molecular weight is 319 g/mol. The molecule has 2 rings (SSSR count). The number of carbonyl (C=O) groups excluding carboxylic acids is 2. The van der Waals surface area contributed by atoms with E-state index >= 15 is 0 Å². The van der Waals surface area contributed by atoms with Crippen molar-refractivity contribution in [2.45, 2.75) is 13.0 Å². The summed E-state index contributed by atoms with van der Waals surface area (Å²) in [6.45, 7) is 6.30. The van der Waals surface area contributed by atoms with E-state index in [9.17, 15) is 9.59 Å². The molecular weight excluding hydrogens is 294 g/mol. The first-order valence-corrected chi connectivity index (χ1v) is 7.98. The molecule has 0 saturated carbocycles. The van der Waals surface area contributed by atoms with Crippen molar-refractivity contribution in [2.75, 3.05) is 39.3 Å². The second-order valence-corrected chi connectivity index (χ2v) is 5.62. The number of hydrogen-bond donors (Lipinski definition) is 4. The van der Waals surface area contributed by atoms with Crippen LogP contribution in [0.2, 0.25) is 0 Å². The van der Waals surface area contributed by atoms with E-state index in [0.29, 0.717) is 18.7 Å². The first-order chi connectivity index (χ1) is 11.1. The van der Waals surface area contributed by atoms with Crippen LogP contribution in [-0.4, -0.2) is 56.1 Å². The normalized spacial score (nSPS) is 15.1. The molecule has 5 N–H and O–H groups in total. The zero-order chi connectivity index (χ0) is 16.5. The Morgan fingerprint density at radius 1 is 1.13 bits per heavy atom. The minimum Gasteiger partial charge on any atom is -0.352 e. The van der Waals surface area contributed by atoms with Crippen LogP contribution in [0.15, 0.2) is 24.3 Å². The Morgan fingerprint density at radius 3 is 2.48 bits per heavy atom. The van der Waals surface area contributed by atoms with Gasteiger partial charge in [0.2, 0.25) is 0 Å². The predicted octanol–water partition coefficient (Wildman–Crippen LogP) is -0.120. The van der Waals surface area contributed by atoms with E-state index in [1.807, 2.05) is 12.1 Å². The second kappa shape index (κ2) is 9.12. The highest BCUT2D eigenvalue weighted by Crippen LogP contribution is 2.04. The molecule has 7 heteroatoms. The molecular formula is C16H25N5O2. The standard InChI is InChI=1S/C16H25N5O2/c17-16(23)20-12-13-2-4-14(5-3-13)15(22)19-6-1-9-21-10-7-18-8-11-21/h2-5,18H,1,6-12H2,(H,19,22)(H3,17,20,23). The highest BCUT2D eigenvalue weighted by molar-refractivity contribution is 5.94. The van der Waals surface area contributed by atoms with Crippen LogP contribution in [0.5, 0.6) is 0 Å². The zero-order valence-electron chi connectivity index (χ0n) is 13.3. The molecule has 1 fully saturated rings. The Labute approximate surface area is 136 Å². The molecule has 1 aromatic carbocycles. The topological polar surface area (TPSA) is 99.5 Å². The van der Waals surface area contributed by atoms with Crippen LogP contribution in [0, 0.1) is 0 Å². The van der Waals surface area contributed by atoms with Crippen LogP contribution in [0.1, 0.15) is 22.3 Å². The third-order valence-corrected chi connectivity index (χ3v) is 3.83. The maximum atomic E-state index is 12.0. The van der Waals surface area contributed by atoms with Gasteiger partial charge in [-0.1, -0.05) is 12.1 Å². The van der Waals surface area contributed by atoms with Crippen molar-refractivity contribution in [1.82, 2.24) is 20.9 Å². The lowest BCUT2D eigenvalue weighted by Crippen LogP contribution is -2.44. The Morgan fingerprint density at radius 2 is 1.83 bits per heavy atom. The van der Waals surface area contributed by atoms with Gasteiger partial charge >= 0.3 is 6.03 Å². The van der Waals surface area contributed by atoms with Gasteiger partial charge in [0.1, 0.15) is 0 Å².